The number of amides is 1. The third-order valence-corrected chi connectivity index (χ3v) is 5.06. The summed E-state index contributed by atoms with van der Waals surface area (Å²) in [5.74, 6) is -0.239. The van der Waals surface area contributed by atoms with Gasteiger partial charge in [0.25, 0.3) is 5.91 Å². The van der Waals surface area contributed by atoms with Crippen LogP contribution in [-0.4, -0.2) is 21.9 Å². The van der Waals surface area contributed by atoms with Crippen LogP contribution >= 0.6 is 0 Å². The first kappa shape index (κ1) is 16.7. The maximum atomic E-state index is 12.8. The lowest BCUT2D eigenvalue weighted by Gasteiger charge is -2.28. The van der Waals surface area contributed by atoms with Crippen LogP contribution in [0.4, 0.5) is 13.2 Å². The average Bonchev–Trinajstić information content (AvgIpc) is 2.93. The summed E-state index contributed by atoms with van der Waals surface area (Å²) in [6.07, 6.45) is -3.67. The number of aromatic nitrogens is 1. The minimum atomic E-state index is -4.40. The van der Waals surface area contributed by atoms with Crippen molar-refractivity contribution in [2.75, 3.05) is 6.54 Å². The lowest BCUT2D eigenvalue weighted by molar-refractivity contribution is -0.137. The van der Waals surface area contributed by atoms with Crippen molar-refractivity contribution in [1.82, 2.24) is 9.47 Å². The molecule has 0 saturated carbocycles. The van der Waals surface area contributed by atoms with Crippen molar-refractivity contribution in [3.63, 3.8) is 0 Å². The maximum Gasteiger partial charge on any atom is 0.416 e. The van der Waals surface area contributed by atoms with Gasteiger partial charge in [0.15, 0.2) is 0 Å². The van der Waals surface area contributed by atoms with Gasteiger partial charge in [-0.2, -0.15) is 13.2 Å². The summed E-state index contributed by atoms with van der Waals surface area (Å²) >= 11 is 0. The van der Waals surface area contributed by atoms with E-state index >= 15 is 0 Å². The molecule has 0 bridgehead atoms. The van der Waals surface area contributed by atoms with Gasteiger partial charge in [-0.05, 0) is 30.3 Å². The minimum Gasteiger partial charge on any atom is -0.347 e. The van der Waals surface area contributed by atoms with Crippen LogP contribution in [0, 0.1) is 0 Å². The quantitative estimate of drug-likeness (QED) is 0.633. The molecule has 0 N–H and O–H groups in total. The largest absolute Gasteiger partial charge is 0.416 e. The smallest absolute Gasteiger partial charge is 0.347 e. The van der Waals surface area contributed by atoms with Gasteiger partial charge in [0.2, 0.25) is 0 Å². The molecule has 3 aromatic rings. The van der Waals surface area contributed by atoms with Crippen LogP contribution in [0.25, 0.3) is 10.9 Å². The summed E-state index contributed by atoms with van der Waals surface area (Å²) in [6.45, 7) is 1.02. The zero-order chi connectivity index (χ0) is 18.5. The molecular weight excluding hydrogens is 341 g/mol. The molecule has 6 heteroatoms. The van der Waals surface area contributed by atoms with Gasteiger partial charge >= 0.3 is 6.18 Å². The summed E-state index contributed by atoms with van der Waals surface area (Å²) in [6, 6.07) is 12.5. The number of carbonyl (C=O) groups is 1. The van der Waals surface area contributed by atoms with E-state index in [2.05, 4.69) is 10.6 Å². The summed E-state index contributed by atoms with van der Waals surface area (Å²) in [4.78, 5) is 14.5. The Morgan fingerprint density at radius 2 is 1.73 bits per heavy atom. The molecule has 2 heterocycles. The molecule has 1 aliphatic heterocycles. The Hall–Kier alpha value is -2.76. The van der Waals surface area contributed by atoms with Crippen LogP contribution in [0.5, 0.6) is 0 Å². The summed E-state index contributed by atoms with van der Waals surface area (Å²) in [5, 5.41) is 1.12. The molecule has 1 aromatic heterocycles. The fourth-order valence-electron chi connectivity index (χ4n) is 3.69. The predicted octanol–water partition coefficient (Wildman–Crippen LogP) is 4.40. The SMILES string of the molecule is Cn1c2c(c3ccccc31)CN(C(=O)c1ccc(C(F)(F)F)cc1)CC2. The first-order chi connectivity index (χ1) is 12.4. The number of carbonyl (C=O) groups excluding carboxylic acids is 1. The molecule has 0 atom stereocenters. The molecule has 134 valence electrons. The third-order valence-electron chi connectivity index (χ3n) is 5.06. The van der Waals surface area contributed by atoms with Gasteiger partial charge in [0.1, 0.15) is 0 Å². The Kier molecular flexibility index (Phi) is 3.79. The Morgan fingerprint density at radius 3 is 2.42 bits per heavy atom. The molecule has 0 radical (unpaired) electrons. The number of alkyl halides is 3. The van der Waals surface area contributed by atoms with Crippen LogP contribution < -0.4 is 0 Å². The molecule has 2 aromatic carbocycles. The van der Waals surface area contributed by atoms with E-state index in [0.29, 0.717) is 13.1 Å². The van der Waals surface area contributed by atoms with Crippen molar-refractivity contribution < 1.29 is 18.0 Å². The van der Waals surface area contributed by atoms with Crippen molar-refractivity contribution in [2.24, 2.45) is 7.05 Å². The predicted molar refractivity (Wildman–Crippen MR) is 92.8 cm³/mol. The van der Waals surface area contributed by atoms with Crippen molar-refractivity contribution >= 4 is 16.8 Å². The van der Waals surface area contributed by atoms with Gasteiger partial charge in [0, 0.05) is 54.3 Å². The van der Waals surface area contributed by atoms with Crippen molar-refractivity contribution in [3.05, 3.63) is 70.9 Å². The van der Waals surface area contributed by atoms with Gasteiger partial charge < -0.3 is 9.47 Å². The Bertz CT molecular complexity index is 987. The van der Waals surface area contributed by atoms with E-state index in [4.69, 9.17) is 0 Å². The highest BCUT2D eigenvalue weighted by Crippen LogP contribution is 2.32. The van der Waals surface area contributed by atoms with Gasteiger partial charge in [-0.1, -0.05) is 18.2 Å². The first-order valence-electron chi connectivity index (χ1n) is 8.38. The molecule has 0 fully saturated rings. The number of halogens is 3. The highest BCUT2D eigenvalue weighted by atomic mass is 19.4. The summed E-state index contributed by atoms with van der Waals surface area (Å²) in [7, 11) is 2.02. The van der Waals surface area contributed by atoms with Gasteiger partial charge in [-0.3, -0.25) is 4.79 Å². The van der Waals surface area contributed by atoms with E-state index in [1.54, 1.807) is 4.90 Å². The molecule has 1 aliphatic rings. The van der Waals surface area contributed by atoms with Crippen molar-refractivity contribution in [3.8, 4) is 0 Å². The van der Waals surface area contributed by atoms with E-state index in [9.17, 15) is 18.0 Å². The zero-order valence-corrected chi connectivity index (χ0v) is 14.2. The zero-order valence-electron chi connectivity index (χ0n) is 14.2. The Balaban J connectivity index is 1.63. The van der Waals surface area contributed by atoms with Gasteiger partial charge in [-0.15, -0.1) is 0 Å². The molecular formula is C20H17F3N2O. The molecule has 3 nitrogen and oxygen atoms in total. The average molecular weight is 358 g/mol. The second-order valence-corrected chi connectivity index (χ2v) is 6.55. The summed E-state index contributed by atoms with van der Waals surface area (Å²) < 4.78 is 40.2. The number of benzene rings is 2. The Labute approximate surface area is 148 Å². The van der Waals surface area contributed by atoms with Gasteiger partial charge in [-0.25, -0.2) is 0 Å². The van der Waals surface area contributed by atoms with Gasteiger partial charge in [0.05, 0.1) is 5.56 Å². The molecule has 1 amide bonds. The summed E-state index contributed by atoms with van der Waals surface area (Å²) in [5.41, 5.74) is 2.99. The lowest BCUT2D eigenvalue weighted by Crippen LogP contribution is -2.36. The molecule has 0 aliphatic carbocycles. The second kappa shape index (κ2) is 5.90. The number of rotatable bonds is 1. The number of aryl methyl sites for hydroxylation is 1. The van der Waals surface area contributed by atoms with E-state index in [1.807, 2.05) is 25.2 Å². The van der Waals surface area contributed by atoms with Crippen LogP contribution in [0.15, 0.2) is 48.5 Å². The third kappa shape index (κ3) is 2.66. The van der Waals surface area contributed by atoms with Crippen LogP contribution in [-0.2, 0) is 26.2 Å². The number of para-hydroxylation sites is 1. The van der Waals surface area contributed by atoms with E-state index < -0.39 is 11.7 Å². The topological polar surface area (TPSA) is 25.2 Å². The maximum absolute atomic E-state index is 12.8. The minimum absolute atomic E-state index is 0.239. The van der Waals surface area contributed by atoms with E-state index in [1.165, 1.54) is 17.8 Å². The van der Waals surface area contributed by atoms with Crippen molar-refractivity contribution in [2.45, 2.75) is 19.1 Å². The molecule has 0 spiro atoms. The molecule has 0 unspecified atom stereocenters. The van der Waals surface area contributed by atoms with Crippen LogP contribution in [0.2, 0.25) is 0 Å². The number of fused-ring (bicyclic) bond motifs is 3. The second-order valence-electron chi connectivity index (χ2n) is 6.55. The monoisotopic (exact) mass is 358 g/mol. The highest BCUT2D eigenvalue weighted by molar-refractivity contribution is 5.95. The Morgan fingerprint density at radius 1 is 1.04 bits per heavy atom. The fourth-order valence-corrected chi connectivity index (χ4v) is 3.69. The fraction of sp³-hybridized carbons (Fsp3) is 0.250. The first-order valence-corrected chi connectivity index (χ1v) is 8.38. The number of nitrogens with zero attached hydrogens (tertiary/aromatic N) is 2. The van der Waals surface area contributed by atoms with Crippen LogP contribution in [0.1, 0.15) is 27.2 Å². The van der Waals surface area contributed by atoms with E-state index in [0.717, 1.165) is 35.0 Å². The van der Waals surface area contributed by atoms with Crippen LogP contribution in [0.3, 0.4) is 0 Å². The lowest BCUT2D eigenvalue weighted by atomic mass is 10.0. The molecule has 0 saturated heterocycles. The normalized spacial score (nSPS) is 14.5. The molecule has 4 rings (SSSR count). The van der Waals surface area contributed by atoms with E-state index in [-0.39, 0.29) is 11.5 Å². The van der Waals surface area contributed by atoms with Crippen molar-refractivity contribution in [1.29, 1.82) is 0 Å². The highest BCUT2D eigenvalue weighted by Gasteiger charge is 2.31. The standard InChI is InChI=1S/C20H17F3N2O/c1-24-17-5-3-2-4-15(17)16-12-25(11-10-18(16)24)19(26)13-6-8-14(9-7-13)20(21,22)23/h2-9H,10-12H2,1H3. The number of hydrogen-bond donors (Lipinski definition) is 0. The number of hydrogen-bond acceptors (Lipinski definition) is 1. The molecule has 26 heavy (non-hydrogen) atoms.